The lowest BCUT2D eigenvalue weighted by Gasteiger charge is -2.00. The largest absolute Gasteiger partial charge is 0.313 e. The molecule has 76 valence electrons. The monoisotopic (exact) mass is 224 g/mol. The van der Waals surface area contributed by atoms with Crippen LogP contribution in [-0.2, 0) is 0 Å². The number of halogens is 2. The second-order valence-electron chi connectivity index (χ2n) is 2.95. The van der Waals surface area contributed by atoms with Gasteiger partial charge in [-0.15, -0.1) is 0 Å². The number of aromatic nitrogens is 2. The molecular weight excluding hydrogens is 219 g/mol. The van der Waals surface area contributed by atoms with Crippen LogP contribution in [-0.4, -0.2) is 9.97 Å². The molecule has 0 spiro atoms. The van der Waals surface area contributed by atoms with Crippen molar-refractivity contribution >= 4 is 11.6 Å². The highest BCUT2D eigenvalue weighted by Crippen LogP contribution is 2.21. The molecule has 5 heteroatoms. The van der Waals surface area contributed by atoms with E-state index in [-0.39, 0.29) is 10.6 Å². The number of nitrogens with zero attached hydrogens (tertiary/aromatic N) is 1. The average Bonchev–Trinajstić information content (AvgIpc) is 2.16. The molecule has 0 fully saturated rings. The summed E-state index contributed by atoms with van der Waals surface area (Å²) in [5.41, 5.74) is 0.576. The van der Waals surface area contributed by atoms with Crippen LogP contribution in [0.25, 0.3) is 11.3 Å². The van der Waals surface area contributed by atoms with Gasteiger partial charge in [-0.2, -0.15) is 0 Å². The van der Waals surface area contributed by atoms with Crippen LogP contribution in [0.1, 0.15) is 0 Å². The van der Waals surface area contributed by atoms with Gasteiger partial charge in [0.1, 0.15) is 5.82 Å². The predicted octanol–water partition coefficient (Wildman–Crippen LogP) is 2.23. The normalized spacial score (nSPS) is 10.3. The van der Waals surface area contributed by atoms with Crippen LogP contribution in [0.4, 0.5) is 4.39 Å². The lowest BCUT2D eigenvalue weighted by Crippen LogP contribution is -2.04. The van der Waals surface area contributed by atoms with Crippen LogP contribution in [0.15, 0.2) is 35.4 Å². The van der Waals surface area contributed by atoms with Crippen molar-refractivity contribution < 1.29 is 4.39 Å². The van der Waals surface area contributed by atoms with E-state index < -0.39 is 5.82 Å². The van der Waals surface area contributed by atoms with Crippen molar-refractivity contribution in [1.82, 2.24) is 9.97 Å². The molecule has 2 rings (SSSR count). The van der Waals surface area contributed by atoms with Gasteiger partial charge in [-0.3, -0.25) is 4.79 Å². The maximum atomic E-state index is 13.0. The van der Waals surface area contributed by atoms with Crippen LogP contribution in [0.2, 0.25) is 5.02 Å². The minimum absolute atomic E-state index is 0.270. The van der Waals surface area contributed by atoms with Gasteiger partial charge in [0.15, 0.2) is 0 Å². The van der Waals surface area contributed by atoms with E-state index in [0.29, 0.717) is 11.3 Å². The molecule has 1 aromatic carbocycles. The van der Waals surface area contributed by atoms with E-state index in [1.54, 1.807) is 6.07 Å². The summed E-state index contributed by atoms with van der Waals surface area (Å²) in [6.45, 7) is 0. The number of nitrogens with one attached hydrogen (secondary N) is 1. The molecule has 2 aromatic rings. The number of aromatic amines is 1. The van der Waals surface area contributed by atoms with Crippen molar-refractivity contribution in [2.75, 3.05) is 0 Å². The SMILES string of the molecule is O=c1cc(-c2cc(F)cc(Cl)c2)nc[nH]1. The maximum Gasteiger partial charge on any atom is 0.251 e. The first-order chi connectivity index (χ1) is 7.15. The van der Waals surface area contributed by atoms with Gasteiger partial charge in [-0.1, -0.05) is 11.6 Å². The van der Waals surface area contributed by atoms with Crippen molar-refractivity contribution in [2.24, 2.45) is 0 Å². The smallest absolute Gasteiger partial charge is 0.251 e. The van der Waals surface area contributed by atoms with E-state index in [2.05, 4.69) is 9.97 Å². The van der Waals surface area contributed by atoms with Gasteiger partial charge >= 0.3 is 0 Å². The highest BCUT2D eigenvalue weighted by molar-refractivity contribution is 6.30. The molecular formula is C10H6ClFN2O. The Morgan fingerprint density at radius 3 is 2.73 bits per heavy atom. The Morgan fingerprint density at radius 2 is 2.07 bits per heavy atom. The lowest BCUT2D eigenvalue weighted by molar-refractivity contribution is 0.628. The summed E-state index contributed by atoms with van der Waals surface area (Å²) in [6.07, 6.45) is 1.26. The molecule has 1 aromatic heterocycles. The molecule has 0 atom stereocenters. The molecule has 1 N–H and O–H groups in total. The third-order valence-corrected chi connectivity index (χ3v) is 2.05. The van der Waals surface area contributed by atoms with Crippen molar-refractivity contribution in [3.63, 3.8) is 0 Å². The first kappa shape index (κ1) is 9.86. The van der Waals surface area contributed by atoms with Gasteiger partial charge in [0.05, 0.1) is 12.0 Å². The van der Waals surface area contributed by atoms with E-state index in [1.165, 1.54) is 24.5 Å². The van der Waals surface area contributed by atoms with E-state index in [0.717, 1.165) is 0 Å². The highest BCUT2D eigenvalue weighted by Gasteiger charge is 2.03. The summed E-state index contributed by atoms with van der Waals surface area (Å²) < 4.78 is 13.0. The van der Waals surface area contributed by atoms with Crippen LogP contribution >= 0.6 is 11.6 Å². The van der Waals surface area contributed by atoms with Crippen molar-refractivity contribution in [1.29, 1.82) is 0 Å². The predicted molar refractivity (Wildman–Crippen MR) is 55.3 cm³/mol. The Labute approximate surface area is 89.6 Å². The lowest BCUT2D eigenvalue weighted by atomic mass is 10.1. The summed E-state index contributed by atoms with van der Waals surface area (Å²) in [7, 11) is 0. The van der Waals surface area contributed by atoms with Gasteiger partial charge in [0.25, 0.3) is 5.56 Å². The Hall–Kier alpha value is -1.68. The molecule has 0 amide bonds. The molecule has 0 bridgehead atoms. The van der Waals surface area contributed by atoms with Gasteiger partial charge in [-0.25, -0.2) is 9.37 Å². The van der Waals surface area contributed by atoms with E-state index in [1.807, 2.05) is 0 Å². The van der Waals surface area contributed by atoms with E-state index >= 15 is 0 Å². The average molecular weight is 225 g/mol. The highest BCUT2D eigenvalue weighted by atomic mass is 35.5. The van der Waals surface area contributed by atoms with Crippen LogP contribution < -0.4 is 5.56 Å². The number of benzene rings is 1. The molecule has 0 radical (unpaired) electrons. The molecule has 0 saturated heterocycles. The van der Waals surface area contributed by atoms with E-state index in [4.69, 9.17) is 11.6 Å². The Balaban J connectivity index is 2.58. The molecule has 1 heterocycles. The van der Waals surface area contributed by atoms with Crippen LogP contribution in [0.3, 0.4) is 0 Å². The summed E-state index contributed by atoms with van der Waals surface area (Å²) >= 11 is 5.69. The Kier molecular flexibility index (Phi) is 2.51. The summed E-state index contributed by atoms with van der Waals surface area (Å²) in [5, 5.41) is 0.270. The topological polar surface area (TPSA) is 45.8 Å². The third kappa shape index (κ3) is 2.22. The summed E-state index contributed by atoms with van der Waals surface area (Å²) in [5.74, 6) is -0.459. The minimum Gasteiger partial charge on any atom is -0.313 e. The number of rotatable bonds is 1. The molecule has 3 nitrogen and oxygen atoms in total. The molecule has 0 saturated carbocycles. The van der Waals surface area contributed by atoms with Crippen molar-refractivity contribution in [3.8, 4) is 11.3 Å². The number of hydrogen-bond donors (Lipinski definition) is 1. The fourth-order valence-electron chi connectivity index (χ4n) is 1.23. The standard InChI is InChI=1S/C10H6ClFN2O/c11-7-1-6(2-8(12)3-7)9-4-10(15)14-5-13-9/h1-5H,(H,13,14,15). The first-order valence-corrected chi connectivity index (χ1v) is 4.54. The van der Waals surface area contributed by atoms with Crippen LogP contribution in [0, 0.1) is 5.82 Å². The van der Waals surface area contributed by atoms with Crippen molar-refractivity contribution in [3.05, 3.63) is 51.8 Å². The zero-order chi connectivity index (χ0) is 10.8. The van der Waals surface area contributed by atoms with E-state index in [9.17, 15) is 9.18 Å². The van der Waals surface area contributed by atoms with Gasteiger partial charge < -0.3 is 4.98 Å². The molecule has 15 heavy (non-hydrogen) atoms. The first-order valence-electron chi connectivity index (χ1n) is 4.16. The fourth-order valence-corrected chi connectivity index (χ4v) is 1.45. The molecule has 0 aliphatic carbocycles. The molecule has 0 aliphatic heterocycles. The zero-order valence-corrected chi connectivity index (χ0v) is 8.25. The summed E-state index contributed by atoms with van der Waals surface area (Å²) in [6, 6.07) is 5.30. The Bertz CT molecular complexity index is 533. The maximum absolute atomic E-state index is 13.0. The fraction of sp³-hybridized carbons (Fsp3) is 0. The molecule has 0 unspecified atom stereocenters. The van der Waals surface area contributed by atoms with Gasteiger partial charge in [0.2, 0.25) is 0 Å². The van der Waals surface area contributed by atoms with Crippen molar-refractivity contribution in [2.45, 2.75) is 0 Å². The summed E-state index contributed by atoms with van der Waals surface area (Å²) in [4.78, 5) is 17.3. The molecule has 0 aliphatic rings. The zero-order valence-electron chi connectivity index (χ0n) is 7.50. The van der Waals surface area contributed by atoms with Gasteiger partial charge in [0, 0.05) is 16.7 Å². The second kappa shape index (κ2) is 3.82. The minimum atomic E-state index is -0.459. The van der Waals surface area contributed by atoms with Crippen LogP contribution in [0.5, 0.6) is 0 Å². The third-order valence-electron chi connectivity index (χ3n) is 1.84. The Morgan fingerprint density at radius 1 is 1.27 bits per heavy atom. The van der Waals surface area contributed by atoms with Gasteiger partial charge in [-0.05, 0) is 18.2 Å². The second-order valence-corrected chi connectivity index (χ2v) is 3.39. The number of hydrogen-bond acceptors (Lipinski definition) is 2. The quantitative estimate of drug-likeness (QED) is 0.808. The number of H-pyrrole nitrogens is 1.